The van der Waals surface area contributed by atoms with E-state index in [0.717, 1.165) is 33.6 Å². The highest BCUT2D eigenvalue weighted by molar-refractivity contribution is 8.76. The van der Waals surface area contributed by atoms with Crippen LogP contribution < -0.4 is 0 Å². The first-order valence-electron chi connectivity index (χ1n) is 9.89. The van der Waals surface area contributed by atoms with Crippen LogP contribution in [0.4, 0.5) is 0 Å². The van der Waals surface area contributed by atoms with Crippen LogP contribution in [0.15, 0.2) is 82.8 Å². The van der Waals surface area contributed by atoms with Crippen LogP contribution in [-0.4, -0.2) is 9.97 Å². The number of aryl methyl sites for hydroxylation is 2. The summed E-state index contributed by atoms with van der Waals surface area (Å²) in [5.41, 5.74) is 6.35. The van der Waals surface area contributed by atoms with E-state index in [2.05, 4.69) is 22.1 Å². The van der Waals surface area contributed by atoms with Crippen molar-refractivity contribution in [1.29, 1.82) is 10.5 Å². The van der Waals surface area contributed by atoms with E-state index in [1.165, 1.54) is 21.6 Å². The number of pyridine rings is 2. The molecule has 154 valence electrons. The molecule has 0 radical (unpaired) electrons. The van der Waals surface area contributed by atoms with Gasteiger partial charge in [-0.3, -0.25) is 0 Å². The topological polar surface area (TPSA) is 73.4 Å². The molecule has 0 atom stereocenters. The lowest BCUT2D eigenvalue weighted by molar-refractivity contribution is 1.05. The van der Waals surface area contributed by atoms with Gasteiger partial charge in [0.25, 0.3) is 0 Å². The van der Waals surface area contributed by atoms with Gasteiger partial charge in [-0.15, -0.1) is 0 Å². The molecule has 0 amide bonds. The molecular weight excluding hydrogens is 432 g/mol. The molecule has 2 aromatic heterocycles. The van der Waals surface area contributed by atoms with Crippen LogP contribution in [0.25, 0.3) is 22.3 Å². The first kappa shape index (κ1) is 21.6. The molecule has 0 aliphatic heterocycles. The van der Waals surface area contributed by atoms with Gasteiger partial charge in [0.05, 0.1) is 11.1 Å². The van der Waals surface area contributed by atoms with Crippen molar-refractivity contribution in [3.63, 3.8) is 0 Å². The predicted octanol–water partition coefficient (Wildman–Crippen LogP) is 6.97. The molecule has 4 rings (SSSR count). The van der Waals surface area contributed by atoms with E-state index in [9.17, 15) is 10.5 Å². The lowest BCUT2D eigenvalue weighted by atomic mass is 10.0. The lowest BCUT2D eigenvalue weighted by Crippen LogP contribution is -1.96. The van der Waals surface area contributed by atoms with Gasteiger partial charge in [-0.05, 0) is 58.7 Å². The van der Waals surface area contributed by atoms with Crippen molar-refractivity contribution in [2.24, 2.45) is 0 Å². The molecule has 0 unspecified atom stereocenters. The number of hydrogen-bond acceptors (Lipinski definition) is 6. The first-order chi connectivity index (χ1) is 15.6. The number of nitriles is 2. The summed E-state index contributed by atoms with van der Waals surface area (Å²) >= 11 is 0. The molecule has 4 nitrogen and oxygen atoms in total. The molecule has 0 aliphatic rings. The highest BCUT2D eigenvalue weighted by atomic mass is 33.1. The highest BCUT2D eigenvalue weighted by Gasteiger charge is 2.18. The Morgan fingerprint density at radius 1 is 0.625 bits per heavy atom. The van der Waals surface area contributed by atoms with Gasteiger partial charge in [-0.25, -0.2) is 9.97 Å². The van der Waals surface area contributed by atoms with Crippen molar-refractivity contribution >= 4 is 21.6 Å². The van der Waals surface area contributed by atoms with E-state index in [0.29, 0.717) is 21.2 Å². The first-order valence-corrected chi connectivity index (χ1v) is 12.0. The molecule has 32 heavy (non-hydrogen) atoms. The van der Waals surface area contributed by atoms with Gasteiger partial charge < -0.3 is 0 Å². The van der Waals surface area contributed by atoms with Gasteiger partial charge in [0.15, 0.2) is 0 Å². The Balaban J connectivity index is 1.74. The van der Waals surface area contributed by atoms with E-state index in [1.54, 1.807) is 0 Å². The van der Waals surface area contributed by atoms with Gasteiger partial charge in [0.1, 0.15) is 22.2 Å². The summed E-state index contributed by atoms with van der Waals surface area (Å²) in [5.74, 6) is 0. The molecule has 6 heteroatoms. The predicted molar refractivity (Wildman–Crippen MR) is 130 cm³/mol. The summed E-state index contributed by atoms with van der Waals surface area (Å²) in [6.07, 6.45) is 0. The Hall–Kier alpha value is -3.58. The molecule has 0 N–H and O–H groups in total. The minimum absolute atomic E-state index is 0.522. The summed E-state index contributed by atoms with van der Waals surface area (Å²) in [7, 11) is 2.72. The Bertz CT molecular complexity index is 1250. The smallest absolute Gasteiger partial charge is 0.126 e. The van der Waals surface area contributed by atoms with Crippen LogP contribution in [-0.2, 0) is 0 Å². The van der Waals surface area contributed by atoms with E-state index in [4.69, 9.17) is 0 Å². The van der Waals surface area contributed by atoms with Crippen molar-refractivity contribution in [2.45, 2.75) is 23.9 Å². The maximum atomic E-state index is 9.91. The van der Waals surface area contributed by atoms with Crippen LogP contribution in [0, 0.1) is 36.5 Å². The van der Waals surface area contributed by atoms with Crippen molar-refractivity contribution in [1.82, 2.24) is 9.97 Å². The number of nitrogens with zero attached hydrogens (tertiary/aromatic N) is 4. The number of benzene rings is 2. The fraction of sp³-hybridized carbons (Fsp3) is 0.0769. The summed E-state index contributed by atoms with van der Waals surface area (Å²) in [6.45, 7) is 3.84. The zero-order chi connectivity index (χ0) is 22.5. The fourth-order valence-corrected chi connectivity index (χ4v) is 5.59. The van der Waals surface area contributed by atoms with Crippen LogP contribution in [0.2, 0.25) is 0 Å². The number of rotatable bonds is 5. The molecule has 4 aromatic rings. The van der Waals surface area contributed by atoms with E-state index in [-0.39, 0.29) is 0 Å². The van der Waals surface area contributed by atoms with E-state index >= 15 is 0 Å². The SMILES string of the molecule is Cc1cc(-c2ccccc2)c(C#N)c(SSc2nc(C)cc(-c3ccccc3)c2C#N)n1. The largest absolute Gasteiger partial charge is 0.244 e. The van der Waals surface area contributed by atoms with Gasteiger partial charge in [-0.2, -0.15) is 10.5 Å². The van der Waals surface area contributed by atoms with Gasteiger partial charge >= 0.3 is 0 Å². The fourth-order valence-electron chi connectivity index (χ4n) is 3.40. The van der Waals surface area contributed by atoms with Crippen molar-refractivity contribution in [2.75, 3.05) is 0 Å². The Kier molecular flexibility index (Phi) is 6.56. The number of aromatic nitrogens is 2. The quantitative estimate of drug-likeness (QED) is 0.306. The third-order valence-electron chi connectivity index (χ3n) is 4.82. The molecule has 2 aromatic carbocycles. The Morgan fingerprint density at radius 2 is 1.00 bits per heavy atom. The summed E-state index contributed by atoms with van der Waals surface area (Å²) in [5, 5.41) is 21.0. The van der Waals surface area contributed by atoms with E-state index < -0.39 is 0 Å². The van der Waals surface area contributed by atoms with Crippen LogP contribution in [0.5, 0.6) is 0 Å². The van der Waals surface area contributed by atoms with Crippen LogP contribution in [0.3, 0.4) is 0 Å². The standard InChI is InChI=1S/C26H18N4S2/c1-17-13-21(19-9-5-3-6-10-19)23(15-27)25(29-17)31-32-26-24(16-28)22(14-18(2)30-26)20-11-7-4-8-12-20/h3-14H,1-2H3. The highest BCUT2D eigenvalue weighted by Crippen LogP contribution is 2.42. The third kappa shape index (κ3) is 4.53. The second kappa shape index (κ2) is 9.70. The van der Waals surface area contributed by atoms with Crippen molar-refractivity contribution in [3.05, 3.63) is 95.3 Å². The number of hydrogen-bond donors (Lipinski definition) is 0. The third-order valence-corrected chi connectivity index (χ3v) is 7.01. The summed E-state index contributed by atoms with van der Waals surface area (Å²) in [6, 6.07) is 28.2. The second-order valence-corrected chi connectivity index (χ2v) is 9.21. The molecular formula is C26H18N4S2. The average Bonchev–Trinajstić information content (AvgIpc) is 2.83. The Labute approximate surface area is 195 Å². The monoisotopic (exact) mass is 450 g/mol. The minimum atomic E-state index is 0.522. The van der Waals surface area contributed by atoms with Gasteiger partial charge in [0.2, 0.25) is 0 Å². The maximum Gasteiger partial charge on any atom is 0.126 e. The van der Waals surface area contributed by atoms with E-state index in [1.807, 2.05) is 86.6 Å². The zero-order valence-electron chi connectivity index (χ0n) is 17.5. The zero-order valence-corrected chi connectivity index (χ0v) is 19.2. The molecule has 2 heterocycles. The average molecular weight is 451 g/mol. The molecule has 0 spiro atoms. The maximum absolute atomic E-state index is 9.91. The van der Waals surface area contributed by atoms with Crippen molar-refractivity contribution < 1.29 is 0 Å². The van der Waals surface area contributed by atoms with Gasteiger partial charge in [0, 0.05) is 22.5 Å². The van der Waals surface area contributed by atoms with Crippen molar-refractivity contribution in [3.8, 4) is 34.4 Å². The summed E-state index contributed by atoms with van der Waals surface area (Å²) in [4.78, 5) is 9.23. The van der Waals surface area contributed by atoms with Gasteiger partial charge in [-0.1, -0.05) is 60.7 Å². The molecule has 0 aliphatic carbocycles. The summed E-state index contributed by atoms with van der Waals surface area (Å²) < 4.78 is 0. The normalized spacial score (nSPS) is 10.4. The Morgan fingerprint density at radius 3 is 1.34 bits per heavy atom. The van der Waals surface area contributed by atoms with Crippen LogP contribution >= 0.6 is 21.6 Å². The molecule has 0 saturated carbocycles. The molecule has 0 saturated heterocycles. The lowest BCUT2D eigenvalue weighted by Gasteiger charge is -2.12. The minimum Gasteiger partial charge on any atom is -0.244 e. The molecule has 0 bridgehead atoms. The van der Waals surface area contributed by atoms with Crippen LogP contribution in [0.1, 0.15) is 22.5 Å². The second-order valence-electron chi connectivity index (χ2n) is 7.11. The molecule has 0 fully saturated rings.